The quantitative estimate of drug-likeness (QED) is 0.637. The van der Waals surface area contributed by atoms with Gasteiger partial charge in [-0.2, -0.15) is 0 Å². The number of methoxy groups -OCH3 is 1. The first-order chi connectivity index (χ1) is 9.96. The molecule has 0 bridgehead atoms. The Kier molecular flexibility index (Phi) is 6.10. The van der Waals surface area contributed by atoms with Crippen LogP contribution in [-0.2, 0) is 9.53 Å². The number of carbonyl (C=O) groups is 1. The molecule has 9 heteroatoms. The van der Waals surface area contributed by atoms with E-state index in [0.717, 1.165) is 0 Å². The first-order valence-corrected chi connectivity index (χ1v) is 6.47. The molecule has 0 spiro atoms. The van der Waals surface area contributed by atoms with Crippen molar-refractivity contribution >= 4 is 29.7 Å². The largest absolute Gasteiger partial charge is 0.490 e. The van der Waals surface area contributed by atoms with Crippen molar-refractivity contribution in [3.63, 3.8) is 0 Å². The molecular formula is C13H18ClN3O5. The van der Waals surface area contributed by atoms with Gasteiger partial charge in [-0.1, -0.05) is 0 Å². The fourth-order valence-corrected chi connectivity index (χ4v) is 2.13. The van der Waals surface area contributed by atoms with Gasteiger partial charge in [-0.15, -0.1) is 12.4 Å². The van der Waals surface area contributed by atoms with Crippen LogP contribution in [-0.4, -0.2) is 36.7 Å². The van der Waals surface area contributed by atoms with Crippen molar-refractivity contribution in [2.45, 2.75) is 18.4 Å². The van der Waals surface area contributed by atoms with E-state index in [1.807, 2.05) is 0 Å². The fourth-order valence-electron chi connectivity index (χ4n) is 2.13. The molecule has 22 heavy (non-hydrogen) atoms. The highest BCUT2D eigenvalue weighted by Gasteiger charge is 2.36. The molecule has 1 aliphatic heterocycles. The summed E-state index contributed by atoms with van der Waals surface area (Å²) in [7, 11) is 1.34. The number of hydrogen-bond donors (Lipinski definition) is 2. The standard InChI is InChI=1S/C13H17N3O5.ClH/c1-20-11-3-2-9(8-10(11)16(18)19)15-12(17)13(14)4-6-21-7-5-13;/h2-3,8H,4-7,14H2,1H3,(H,15,17);1H. The van der Waals surface area contributed by atoms with Crippen LogP contribution in [0.2, 0.25) is 0 Å². The molecule has 1 amide bonds. The Morgan fingerprint density at radius 2 is 2.09 bits per heavy atom. The highest BCUT2D eigenvalue weighted by Crippen LogP contribution is 2.30. The van der Waals surface area contributed by atoms with Gasteiger partial charge in [-0.3, -0.25) is 14.9 Å². The predicted octanol–water partition coefficient (Wildman–Crippen LogP) is 1.47. The van der Waals surface area contributed by atoms with E-state index in [0.29, 0.717) is 31.7 Å². The summed E-state index contributed by atoms with van der Waals surface area (Å²) < 4.78 is 10.1. The second-order valence-corrected chi connectivity index (χ2v) is 4.87. The van der Waals surface area contributed by atoms with Gasteiger partial charge in [0, 0.05) is 25.0 Å². The third-order valence-corrected chi connectivity index (χ3v) is 3.47. The number of nitro benzene ring substituents is 1. The van der Waals surface area contributed by atoms with Crippen molar-refractivity contribution in [2.24, 2.45) is 5.73 Å². The van der Waals surface area contributed by atoms with Crippen LogP contribution in [0.1, 0.15) is 12.8 Å². The number of benzene rings is 1. The number of nitrogens with two attached hydrogens (primary N) is 1. The Hall–Kier alpha value is -1.90. The maximum Gasteiger partial charge on any atom is 0.312 e. The van der Waals surface area contributed by atoms with Crippen LogP contribution in [0.25, 0.3) is 0 Å². The van der Waals surface area contributed by atoms with E-state index in [9.17, 15) is 14.9 Å². The summed E-state index contributed by atoms with van der Waals surface area (Å²) in [6, 6.07) is 4.22. The molecule has 1 fully saturated rings. The Morgan fingerprint density at radius 1 is 1.45 bits per heavy atom. The molecular weight excluding hydrogens is 314 g/mol. The Balaban J connectivity index is 0.00000242. The number of nitrogens with zero attached hydrogens (tertiary/aromatic N) is 1. The summed E-state index contributed by atoms with van der Waals surface area (Å²) in [5.74, 6) is -0.239. The second-order valence-electron chi connectivity index (χ2n) is 4.87. The van der Waals surface area contributed by atoms with E-state index in [1.54, 1.807) is 0 Å². The first-order valence-electron chi connectivity index (χ1n) is 6.47. The molecule has 0 saturated carbocycles. The van der Waals surface area contributed by atoms with Gasteiger partial charge < -0.3 is 20.5 Å². The first kappa shape index (κ1) is 18.1. The zero-order valence-corrected chi connectivity index (χ0v) is 12.9. The number of anilines is 1. The molecule has 0 atom stereocenters. The van der Waals surface area contributed by atoms with E-state index in [4.69, 9.17) is 15.2 Å². The topological polar surface area (TPSA) is 117 Å². The SMILES string of the molecule is COc1ccc(NC(=O)C2(N)CCOCC2)cc1[N+](=O)[O-].Cl. The predicted molar refractivity (Wildman–Crippen MR) is 82.5 cm³/mol. The molecule has 2 rings (SSSR count). The molecule has 1 heterocycles. The third-order valence-electron chi connectivity index (χ3n) is 3.47. The lowest BCUT2D eigenvalue weighted by Gasteiger charge is -2.31. The normalized spacial score (nSPS) is 16.3. The minimum atomic E-state index is -1.01. The van der Waals surface area contributed by atoms with Crippen LogP contribution < -0.4 is 15.8 Å². The summed E-state index contributed by atoms with van der Waals surface area (Å²) >= 11 is 0. The molecule has 0 unspecified atom stereocenters. The van der Waals surface area contributed by atoms with Crippen LogP contribution in [0.5, 0.6) is 5.75 Å². The molecule has 1 aromatic rings. The summed E-state index contributed by atoms with van der Waals surface area (Å²) in [5, 5.41) is 13.6. The zero-order chi connectivity index (χ0) is 15.5. The van der Waals surface area contributed by atoms with Crippen LogP contribution in [0.15, 0.2) is 18.2 Å². The van der Waals surface area contributed by atoms with E-state index in [1.165, 1.54) is 25.3 Å². The van der Waals surface area contributed by atoms with Crippen molar-refractivity contribution in [2.75, 3.05) is 25.6 Å². The van der Waals surface area contributed by atoms with E-state index in [-0.39, 0.29) is 29.8 Å². The van der Waals surface area contributed by atoms with E-state index in [2.05, 4.69) is 5.32 Å². The molecule has 1 aromatic carbocycles. The van der Waals surface area contributed by atoms with Gasteiger partial charge >= 0.3 is 5.69 Å². The number of halogens is 1. The van der Waals surface area contributed by atoms with Gasteiger partial charge in [0.15, 0.2) is 5.75 Å². The summed E-state index contributed by atoms with van der Waals surface area (Å²) in [6.45, 7) is 0.847. The highest BCUT2D eigenvalue weighted by molar-refractivity contribution is 5.98. The Bertz CT molecular complexity index is 561. The van der Waals surface area contributed by atoms with Crippen LogP contribution in [0, 0.1) is 10.1 Å². The molecule has 1 saturated heterocycles. The summed E-state index contributed by atoms with van der Waals surface area (Å²) in [4.78, 5) is 22.6. The average molecular weight is 332 g/mol. The lowest BCUT2D eigenvalue weighted by molar-refractivity contribution is -0.385. The lowest BCUT2D eigenvalue weighted by Crippen LogP contribution is -2.54. The molecule has 122 valence electrons. The molecule has 8 nitrogen and oxygen atoms in total. The average Bonchev–Trinajstić information content (AvgIpc) is 2.47. The fraction of sp³-hybridized carbons (Fsp3) is 0.462. The van der Waals surface area contributed by atoms with Crippen molar-refractivity contribution < 1.29 is 19.2 Å². The van der Waals surface area contributed by atoms with Gasteiger partial charge in [0.1, 0.15) is 5.54 Å². The number of ether oxygens (including phenoxy) is 2. The monoisotopic (exact) mass is 331 g/mol. The van der Waals surface area contributed by atoms with Gasteiger partial charge in [-0.25, -0.2) is 0 Å². The Labute approximate surface area is 133 Å². The summed E-state index contributed by atoms with van der Waals surface area (Å²) in [5.41, 5.74) is 5.14. The third kappa shape index (κ3) is 3.85. The molecule has 0 aliphatic carbocycles. The summed E-state index contributed by atoms with van der Waals surface area (Å²) in [6.07, 6.45) is 0.828. The molecule has 0 radical (unpaired) electrons. The zero-order valence-electron chi connectivity index (χ0n) is 12.0. The maximum atomic E-state index is 12.2. The van der Waals surface area contributed by atoms with E-state index >= 15 is 0 Å². The molecule has 0 aromatic heterocycles. The molecule has 1 aliphatic rings. The highest BCUT2D eigenvalue weighted by atomic mass is 35.5. The second kappa shape index (κ2) is 7.39. The minimum Gasteiger partial charge on any atom is -0.490 e. The van der Waals surface area contributed by atoms with Gasteiger partial charge in [-0.05, 0) is 25.0 Å². The van der Waals surface area contributed by atoms with Crippen molar-refractivity contribution in [3.8, 4) is 5.75 Å². The van der Waals surface area contributed by atoms with Gasteiger partial charge in [0.05, 0.1) is 12.0 Å². The number of rotatable bonds is 4. The number of nitrogens with one attached hydrogen (secondary N) is 1. The van der Waals surface area contributed by atoms with Crippen molar-refractivity contribution in [1.29, 1.82) is 0 Å². The van der Waals surface area contributed by atoms with Crippen LogP contribution >= 0.6 is 12.4 Å². The van der Waals surface area contributed by atoms with Crippen LogP contribution in [0.3, 0.4) is 0 Å². The van der Waals surface area contributed by atoms with Crippen molar-refractivity contribution in [3.05, 3.63) is 28.3 Å². The number of hydrogen-bond acceptors (Lipinski definition) is 6. The number of nitro groups is 1. The van der Waals surface area contributed by atoms with Gasteiger partial charge in [0.25, 0.3) is 0 Å². The Morgan fingerprint density at radius 3 is 2.64 bits per heavy atom. The molecule has 3 N–H and O–H groups in total. The minimum absolute atomic E-state index is 0. The van der Waals surface area contributed by atoms with E-state index < -0.39 is 10.5 Å². The smallest absolute Gasteiger partial charge is 0.312 e. The number of amides is 1. The maximum absolute atomic E-state index is 12.2. The number of carbonyl (C=O) groups excluding carboxylic acids is 1. The van der Waals surface area contributed by atoms with Crippen LogP contribution in [0.4, 0.5) is 11.4 Å². The lowest BCUT2D eigenvalue weighted by atomic mass is 9.90. The van der Waals surface area contributed by atoms with Crippen molar-refractivity contribution in [1.82, 2.24) is 0 Å². The van der Waals surface area contributed by atoms with Gasteiger partial charge in [0.2, 0.25) is 5.91 Å².